The molecule has 0 bridgehead atoms. The van der Waals surface area contributed by atoms with Crippen LogP contribution in [0.3, 0.4) is 0 Å². The summed E-state index contributed by atoms with van der Waals surface area (Å²) in [6.07, 6.45) is 3.19. The minimum Gasteiger partial charge on any atom is -0.477 e. The largest absolute Gasteiger partial charge is 0.477 e. The topological polar surface area (TPSA) is 68.0 Å². The first-order valence-corrected chi connectivity index (χ1v) is 9.63. The van der Waals surface area contributed by atoms with E-state index in [0.29, 0.717) is 32.6 Å². The van der Waals surface area contributed by atoms with Crippen LogP contribution in [-0.2, 0) is 6.54 Å². The summed E-state index contributed by atoms with van der Waals surface area (Å²) in [5.41, 5.74) is 1.66. The van der Waals surface area contributed by atoms with Gasteiger partial charge in [-0.3, -0.25) is 4.98 Å². The van der Waals surface area contributed by atoms with Gasteiger partial charge in [0.05, 0.1) is 6.54 Å². The lowest BCUT2D eigenvalue weighted by molar-refractivity contribution is 0.0686. The number of hydrogen-bond acceptors (Lipinski definition) is 3. The van der Waals surface area contributed by atoms with Gasteiger partial charge in [-0.25, -0.2) is 14.2 Å². The zero-order chi connectivity index (χ0) is 21.3. The van der Waals surface area contributed by atoms with E-state index in [9.17, 15) is 14.3 Å². The third kappa shape index (κ3) is 3.92. The molecule has 2 aromatic heterocycles. The van der Waals surface area contributed by atoms with E-state index in [2.05, 4.69) is 9.97 Å². The second-order valence-electron chi connectivity index (χ2n) is 6.51. The molecule has 0 aliphatic heterocycles. The smallest absolute Gasteiger partial charge is 0.354 e. The van der Waals surface area contributed by atoms with Crippen molar-refractivity contribution in [1.29, 1.82) is 0 Å². The quantitative estimate of drug-likeness (QED) is 0.424. The number of nitrogens with zero attached hydrogens (tertiary/aromatic N) is 3. The SMILES string of the molecule is O=C(O)c1c(-c2cccc(F)c2)nc(-c2cccnc2)n1Cc1cc(Cl)ccc1Cl. The molecular formula is C22H14Cl2FN3O2. The number of carboxylic acids is 1. The number of benzene rings is 2. The third-order valence-corrected chi connectivity index (χ3v) is 5.13. The van der Waals surface area contributed by atoms with Crippen molar-refractivity contribution in [3.8, 4) is 22.6 Å². The van der Waals surface area contributed by atoms with Crippen LogP contribution in [-0.4, -0.2) is 25.6 Å². The van der Waals surface area contributed by atoms with Crippen molar-refractivity contribution in [1.82, 2.24) is 14.5 Å². The number of rotatable bonds is 5. The molecular weight excluding hydrogens is 428 g/mol. The highest BCUT2D eigenvalue weighted by Crippen LogP contribution is 2.32. The molecule has 0 unspecified atom stereocenters. The van der Waals surface area contributed by atoms with E-state index < -0.39 is 11.8 Å². The molecule has 0 atom stereocenters. The highest BCUT2D eigenvalue weighted by molar-refractivity contribution is 6.33. The second-order valence-corrected chi connectivity index (χ2v) is 7.36. The number of aromatic nitrogens is 3. The Morgan fingerprint density at radius 3 is 2.57 bits per heavy atom. The van der Waals surface area contributed by atoms with E-state index in [1.165, 1.54) is 22.8 Å². The van der Waals surface area contributed by atoms with Crippen LogP contribution in [0.4, 0.5) is 4.39 Å². The summed E-state index contributed by atoms with van der Waals surface area (Å²) in [5, 5.41) is 10.9. The molecule has 0 saturated carbocycles. The zero-order valence-electron chi connectivity index (χ0n) is 15.4. The van der Waals surface area contributed by atoms with Gasteiger partial charge in [-0.05, 0) is 48.0 Å². The Labute approximate surface area is 181 Å². The Balaban J connectivity index is 1.98. The molecule has 30 heavy (non-hydrogen) atoms. The Kier molecular flexibility index (Phi) is 5.53. The fourth-order valence-corrected chi connectivity index (χ4v) is 3.58. The van der Waals surface area contributed by atoms with Crippen molar-refractivity contribution >= 4 is 29.2 Å². The van der Waals surface area contributed by atoms with Gasteiger partial charge in [0.15, 0.2) is 5.69 Å². The van der Waals surface area contributed by atoms with Crippen molar-refractivity contribution in [3.63, 3.8) is 0 Å². The summed E-state index contributed by atoms with van der Waals surface area (Å²) < 4.78 is 15.4. The summed E-state index contributed by atoms with van der Waals surface area (Å²) in [5.74, 6) is -1.31. The lowest BCUT2D eigenvalue weighted by atomic mass is 10.1. The van der Waals surface area contributed by atoms with Crippen molar-refractivity contribution in [2.75, 3.05) is 0 Å². The van der Waals surface area contributed by atoms with Crippen LogP contribution in [0.15, 0.2) is 67.0 Å². The molecule has 2 aromatic carbocycles. The lowest BCUT2D eigenvalue weighted by Gasteiger charge is -2.12. The van der Waals surface area contributed by atoms with Gasteiger partial charge in [0.1, 0.15) is 17.3 Å². The number of carbonyl (C=O) groups is 1. The fourth-order valence-electron chi connectivity index (χ4n) is 3.21. The predicted molar refractivity (Wildman–Crippen MR) is 113 cm³/mol. The molecule has 8 heteroatoms. The molecule has 0 fully saturated rings. The maximum atomic E-state index is 13.8. The van der Waals surface area contributed by atoms with Gasteiger partial charge < -0.3 is 9.67 Å². The first-order valence-electron chi connectivity index (χ1n) is 8.88. The number of carboxylic acid groups (broad SMARTS) is 1. The fraction of sp³-hybridized carbons (Fsp3) is 0.0455. The van der Waals surface area contributed by atoms with E-state index in [-0.39, 0.29) is 17.9 Å². The van der Waals surface area contributed by atoms with Gasteiger partial charge >= 0.3 is 5.97 Å². The van der Waals surface area contributed by atoms with Crippen LogP contribution in [0, 0.1) is 5.82 Å². The minimum absolute atomic E-state index is 0.0875. The molecule has 0 spiro atoms. The van der Waals surface area contributed by atoms with Crippen molar-refractivity contribution in [2.24, 2.45) is 0 Å². The molecule has 0 radical (unpaired) electrons. The molecule has 0 amide bonds. The van der Waals surface area contributed by atoms with Gasteiger partial charge in [-0.1, -0.05) is 35.3 Å². The molecule has 2 heterocycles. The highest BCUT2D eigenvalue weighted by Gasteiger charge is 2.25. The number of halogens is 3. The first-order chi connectivity index (χ1) is 14.4. The average Bonchev–Trinajstić information content (AvgIpc) is 3.11. The van der Waals surface area contributed by atoms with Gasteiger partial charge in [0, 0.05) is 33.6 Å². The average molecular weight is 442 g/mol. The summed E-state index contributed by atoms with van der Waals surface area (Å²) in [4.78, 5) is 20.9. The molecule has 150 valence electrons. The Morgan fingerprint density at radius 2 is 1.87 bits per heavy atom. The van der Waals surface area contributed by atoms with E-state index in [1.54, 1.807) is 48.8 Å². The van der Waals surface area contributed by atoms with Crippen LogP contribution >= 0.6 is 23.2 Å². The lowest BCUT2D eigenvalue weighted by Crippen LogP contribution is -2.12. The van der Waals surface area contributed by atoms with Crippen molar-refractivity contribution in [3.05, 3.63) is 94.1 Å². The van der Waals surface area contributed by atoms with Crippen LogP contribution < -0.4 is 0 Å². The third-order valence-electron chi connectivity index (χ3n) is 4.52. The van der Waals surface area contributed by atoms with E-state index in [0.717, 1.165) is 0 Å². The Hall–Kier alpha value is -3.22. The zero-order valence-corrected chi connectivity index (χ0v) is 16.9. The molecule has 0 aliphatic rings. The highest BCUT2D eigenvalue weighted by atomic mass is 35.5. The summed E-state index contributed by atoms with van der Waals surface area (Å²) in [7, 11) is 0. The van der Waals surface area contributed by atoms with E-state index in [4.69, 9.17) is 23.2 Å². The molecule has 0 aliphatic carbocycles. The molecule has 4 aromatic rings. The van der Waals surface area contributed by atoms with Crippen LogP contribution in [0.25, 0.3) is 22.6 Å². The number of aromatic carboxylic acids is 1. The second kappa shape index (κ2) is 8.26. The van der Waals surface area contributed by atoms with Crippen LogP contribution in [0.5, 0.6) is 0 Å². The molecule has 1 N–H and O–H groups in total. The molecule has 4 rings (SSSR count). The summed E-state index contributed by atoms with van der Waals surface area (Å²) in [6, 6.07) is 14.1. The maximum absolute atomic E-state index is 13.8. The van der Waals surface area contributed by atoms with Gasteiger partial charge in [-0.15, -0.1) is 0 Å². The monoisotopic (exact) mass is 441 g/mol. The molecule has 0 saturated heterocycles. The number of pyridine rings is 1. The molecule has 5 nitrogen and oxygen atoms in total. The minimum atomic E-state index is -1.20. The normalized spacial score (nSPS) is 10.9. The first kappa shape index (κ1) is 20.1. The summed E-state index contributed by atoms with van der Waals surface area (Å²) >= 11 is 12.4. The van der Waals surface area contributed by atoms with Crippen molar-refractivity contribution in [2.45, 2.75) is 6.54 Å². The Morgan fingerprint density at radius 1 is 1.07 bits per heavy atom. The van der Waals surface area contributed by atoms with Crippen LogP contribution in [0.2, 0.25) is 10.0 Å². The number of hydrogen-bond donors (Lipinski definition) is 1. The van der Waals surface area contributed by atoms with Crippen molar-refractivity contribution < 1.29 is 14.3 Å². The standard InChI is InChI=1S/C22H14Cl2FN3O2/c23-16-6-7-18(24)15(9-16)12-28-20(22(29)30)19(13-3-1-5-17(25)10-13)27-21(28)14-4-2-8-26-11-14/h1-11H,12H2,(H,29,30). The predicted octanol–water partition coefficient (Wildman–Crippen LogP) is 5.80. The Bertz CT molecular complexity index is 1240. The maximum Gasteiger partial charge on any atom is 0.354 e. The van der Waals surface area contributed by atoms with E-state index >= 15 is 0 Å². The van der Waals surface area contributed by atoms with Gasteiger partial charge in [0.25, 0.3) is 0 Å². The van der Waals surface area contributed by atoms with Gasteiger partial charge in [-0.2, -0.15) is 0 Å². The number of imidazole rings is 1. The van der Waals surface area contributed by atoms with Gasteiger partial charge in [0.2, 0.25) is 0 Å². The summed E-state index contributed by atoms with van der Waals surface area (Å²) in [6.45, 7) is 0.105. The van der Waals surface area contributed by atoms with E-state index in [1.807, 2.05) is 0 Å². The van der Waals surface area contributed by atoms with Crippen LogP contribution in [0.1, 0.15) is 16.1 Å².